The monoisotopic (exact) mass is 290 g/mol. The number of carbonyl (C=O) groups is 1. The summed E-state index contributed by atoms with van der Waals surface area (Å²) < 4.78 is 5.53. The van der Waals surface area contributed by atoms with Gasteiger partial charge in [-0.25, -0.2) is 0 Å². The average molecular weight is 291 g/mol. The fourth-order valence-electron chi connectivity index (χ4n) is 1.58. The summed E-state index contributed by atoms with van der Waals surface area (Å²) in [6, 6.07) is 13.8. The SMILES string of the molecule is CC(Oc1ccc(Cl)cc1)C(=O)Nc1ccc(N)cc1. The fraction of sp³-hybridized carbons (Fsp3) is 0.133. The molecule has 0 spiro atoms. The van der Waals surface area contributed by atoms with E-state index in [4.69, 9.17) is 22.1 Å². The van der Waals surface area contributed by atoms with Crippen molar-refractivity contribution in [2.75, 3.05) is 11.1 Å². The molecule has 0 fully saturated rings. The first kappa shape index (κ1) is 14.2. The lowest BCUT2D eigenvalue weighted by Gasteiger charge is -2.14. The maximum Gasteiger partial charge on any atom is 0.265 e. The van der Waals surface area contributed by atoms with E-state index in [0.29, 0.717) is 22.1 Å². The van der Waals surface area contributed by atoms with Crippen LogP contribution in [-0.4, -0.2) is 12.0 Å². The van der Waals surface area contributed by atoms with E-state index < -0.39 is 6.10 Å². The molecular formula is C15H15ClN2O2. The number of nitrogen functional groups attached to an aromatic ring is 1. The Bertz CT molecular complexity index is 582. The highest BCUT2D eigenvalue weighted by molar-refractivity contribution is 6.30. The van der Waals surface area contributed by atoms with Gasteiger partial charge < -0.3 is 15.8 Å². The lowest BCUT2D eigenvalue weighted by molar-refractivity contribution is -0.122. The van der Waals surface area contributed by atoms with Crippen LogP contribution >= 0.6 is 11.6 Å². The molecule has 0 heterocycles. The summed E-state index contributed by atoms with van der Waals surface area (Å²) in [4.78, 5) is 12.0. The van der Waals surface area contributed by atoms with E-state index >= 15 is 0 Å². The smallest absolute Gasteiger partial charge is 0.265 e. The van der Waals surface area contributed by atoms with Gasteiger partial charge in [0, 0.05) is 16.4 Å². The van der Waals surface area contributed by atoms with E-state index in [2.05, 4.69) is 5.32 Å². The average Bonchev–Trinajstić information content (AvgIpc) is 2.44. The molecule has 0 bridgehead atoms. The van der Waals surface area contributed by atoms with Crippen LogP contribution in [0.1, 0.15) is 6.92 Å². The molecule has 0 aliphatic heterocycles. The number of benzene rings is 2. The topological polar surface area (TPSA) is 64.3 Å². The Labute approximate surface area is 122 Å². The largest absolute Gasteiger partial charge is 0.481 e. The minimum Gasteiger partial charge on any atom is -0.481 e. The van der Waals surface area contributed by atoms with Crippen LogP contribution in [0.5, 0.6) is 5.75 Å². The van der Waals surface area contributed by atoms with Crippen LogP contribution in [0.3, 0.4) is 0 Å². The van der Waals surface area contributed by atoms with Crippen LogP contribution in [0, 0.1) is 0 Å². The minimum atomic E-state index is -0.617. The molecule has 5 heteroatoms. The Hall–Kier alpha value is -2.20. The van der Waals surface area contributed by atoms with Crippen LogP contribution in [0.25, 0.3) is 0 Å². The van der Waals surface area contributed by atoms with Crippen molar-refractivity contribution in [3.05, 3.63) is 53.6 Å². The number of carbonyl (C=O) groups excluding carboxylic acids is 1. The Morgan fingerprint density at radius 1 is 1.15 bits per heavy atom. The van der Waals surface area contributed by atoms with Crippen molar-refractivity contribution in [3.63, 3.8) is 0 Å². The molecule has 2 aromatic carbocycles. The predicted molar refractivity (Wildman–Crippen MR) is 81.0 cm³/mol. The third-order valence-corrected chi connectivity index (χ3v) is 2.93. The summed E-state index contributed by atoms with van der Waals surface area (Å²) in [6.07, 6.45) is -0.617. The summed E-state index contributed by atoms with van der Waals surface area (Å²) in [6.45, 7) is 1.68. The van der Waals surface area contributed by atoms with Crippen molar-refractivity contribution in [2.24, 2.45) is 0 Å². The molecule has 0 aromatic heterocycles. The van der Waals surface area contributed by atoms with Gasteiger partial charge >= 0.3 is 0 Å². The first-order chi connectivity index (χ1) is 9.54. The zero-order valence-corrected chi connectivity index (χ0v) is 11.7. The van der Waals surface area contributed by atoms with Crippen LogP contribution < -0.4 is 15.8 Å². The molecule has 20 heavy (non-hydrogen) atoms. The third-order valence-electron chi connectivity index (χ3n) is 2.67. The number of ether oxygens (including phenoxy) is 1. The molecular weight excluding hydrogens is 276 g/mol. The molecule has 104 valence electrons. The molecule has 4 nitrogen and oxygen atoms in total. The lowest BCUT2D eigenvalue weighted by Crippen LogP contribution is -2.30. The summed E-state index contributed by atoms with van der Waals surface area (Å²) in [7, 11) is 0. The molecule has 0 aliphatic rings. The predicted octanol–water partition coefficient (Wildman–Crippen LogP) is 3.33. The minimum absolute atomic E-state index is 0.232. The van der Waals surface area contributed by atoms with Crippen molar-refractivity contribution in [1.82, 2.24) is 0 Å². The number of nitrogens with one attached hydrogen (secondary N) is 1. The van der Waals surface area contributed by atoms with Gasteiger partial charge in [0.05, 0.1) is 0 Å². The van der Waals surface area contributed by atoms with E-state index in [0.717, 1.165) is 0 Å². The zero-order chi connectivity index (χ0) is 14.5. The van der Waals surface area contributed by atoms with Crippen LogP contribution in [0.15, 0.2) is 48.5 Å². The van der Waals surface area contributed by atoms with Gasteiger partial charge in [0.2, 0.25) is 0 Å². The quantitative estimate of drug-likeness (QED) is 0.849. The second-order valence-electron chi connectivity index (χ2n) is 4.33. The van der Waals surface area contributed by atoms with Gasteiger partial charge in [-0.2, -0.15) is 0 Å². The molecule has 1 unspecified atom stereocenters. The maximum atomic E-state index is 12.0. The number of hydrogen-bond acceptors (Lipinski definition) is 3. The van der Waals surface area contributed by atoms with Gasteiger partial charge in [-0.15, -0.1) is 0 Å². The van der Waals surface area contributed by atoms with Crippen molar-refractivity contribution in [1.29, 1.82) is 0 Å². The highest BCUT2D eigenvalue weighted by Crippen LogP contribution is 2.17. The van der Waals surface area contributed by atoms with Crippen molar-refractivity contribution in [3.8, 4) is 5.75 Å². The number of halogens is 1. The van der Waals surface area contributed by atoms with Gasteiger partial charge in [0.25, 0.3) is 5.91 Å². The van der Waals surface area contributed by atoms with Gasteiger partial charge in [-0.3, -0.25) is 4.79 Å². The van der Waals surface area contributed by atoms with Crippen LogP contribution in [0.4, 0.5) is 11.4 Å². The lowest BCUT2D eigenvalue weighted by atomic mass is 10.2. The molecule has 0 saturated heterocycles. The van der Waals surface area contributed by atoms with E-state index in [9.17, 15) is 4.79 Å². The van der Waals surface area contributed by atoms with Crippen molar-refractivity contribution >= 4 is 28.9 Å². The van der Waals surface area contributed by atoms with Gasteiger partial charge in [0.15, 0.2) is 6.10 Å². The van der Waals surface area contributed by atoms with E-state index in [1.165, 1.54) is 0 Å². The Kier molecular flexibility index (Phi) is 4.48. The second kappa shape index (κ2) is 6.30. The molecule has 0 radical (unpaired) electrons. The van der Waals surface area contributed by atoms with Crippen LogP contribution in [0.2, 0.25) is 5.02 Å². The molecule has 0 saturated carbocycles. The Balaban J connectivity index is 1.94. The first-order valence-electron chi connectivity index (χ1n) is 6.13. The van der Waals surface area contributed by atoms with E-state index in [1.807, 2.05) is 0 Å². The number of hydrogen-bond donors (Lipinski definition) is 2. The Morgan fingerprint density at radius 2 is 1.75 bits per heavy atom. The number of amides is 1. The summed E-state index contributed by atoms with van der Waals surface area (Å²) in [5, 5.41) is 3.38. The molecule has 3 N–H and O–H groups in total. The van der Waals surface area contributed by atoms with Gasteiger partial charge in [-0.05, 0) is 55.5 Å². The van der Waals surface area contributed by atoms with Crippen molar-refractivity contribution < 1.29 is 9.53 Å². The third kappa shape index (κ3) is 3.90. The molecule has 1 amide bonds. The number of rotatable bonds is 4. The normalized spacial score (nSPS) is 11.7. The van der Waals surface area contributed by atoms with E-state index in [-0.39, 0.29) is 5.91 Å². The highest BCUT2D eigenvalue weighted by Gasteiger charge is 2.14. The molecule has 2 rings (SSSR count). The molecule has 0 aliphatic carbocycles. The summed E-state index contributed by atoms with van der Waals surface area (Å²) >= 11 is 5.79. The number of anilines is 2. The van der Waals surface area contributed by atoms with Crippen LogP contribution in [-0.2, 0) is 4.79 Å². The second-order valence-corrected chi connectivity index (χ2v) is 4.76. The van der Waals surface area contributed by atoms with E-state index in [1.54, 1.807) is 55.5 Å². The Morgan fingerprint density at radius 3 is 2.35 bits per heavy atom. The van der Waals surface area contributed by atoms with Crippen molar-refractivity contribution in [2.45, 2.75) is 13.0 Å². The molecule has 1 atom stereocenters. The first-order valence-corrected chi connectivity index (χ1v) is 6.51. The highest BCUT2D eigenvalue weighted by atomic mass is 35.5. The zero-order valence-electron chi connectivity index (χ0n) is 11.0. The standard InChI is InChI=1S/C15H15ClN2O2/c1-10(20-14-8-2-11(16)3-9-14)15(19)18-13-6-4-12(17)5-7-13/h2-10H,17H2,1H3,(H,18,19). The van der Waals surface area contributed by atoms with Gasteiger partial charge in [-0.1, -0.05) is 11.6 Å². The maximum absolute atomic E-state index is 12.0. The summed E-state index contributed by atoms with van der Waals surface area (Å²) in [5.41, 5.74) is 6.91. The number of nitrogens with two attached hydrogens (primary N) is 1. The van der Waals surface area contributed by atoms with Gasteiger partial charge in [0.1, 0.15) is 5.75 Å². The fourth-order valence-corrected chi connectivity index (χ4v) is 1.71. The molecule has 2 aromatic rings. The summed E-state index contributed by atoms with van der Waals surface area (Å²) in [5.74, 6) is 0.360.